The number of H-pyrrole nitrogens is 1. The summed E-state index contributed by atoms with van der Waals surface area (Å²) in [5.41, 5.74) is 0.456. The van der Waals surface area contributed by atoms with Crippen molar-refractivity contribution in [3.63, 3.8) is 0 Å². The molecular formula is C15H27N3. The topological polar surface area (TPSA) is 40.7 Å². The fraction of sp³-hybridized carbons (Fsp3) is 0.800. The van der Waals surface area contributed by atoms with Gasteiger partial charge in [0.15, 0.2) is 0 Å². The number of nitrogens with zero attached hydrogens (tertiary/aromatic N) is 1. The first-order valence-electron chi connectivity index (χ1n) is 7.35. The first-order chi connectivity index (χ1) is 8.63. The Morgan fingerprint density at radius 3 is 2.94 bits per heavy atom. The molecule has 1 aliphatic carbocycles. The number of rotatable bonds is 5. The van der Waals surface area contributed by atoms with Gasteiger partial charge in [-0.3, -0.25) is 0 Å². The van der Waals surface area contributed by atoms with Crippen LogP contribution in [0.25, 0.3) is 0 Å². The van der Waals surface area contributed by atoms with Gasteiger partial charge in [-0.25, -0.2) is 4.98 Å². The molecule has 2 unspecified atom stereocenters. The maximum atomic E-state index is 4.39. The molecule has 3 heteroatoms. The molecule has 1 heterocycles. The highest BCUT2D eigenvalue weighted by Gasteiger charge is 2.37. The molecule has 1 fully saturated rings. The van der Waals surface area contributed by atoms with Crippen LogP contribution in [0.4, 0.5) is 0 Å². The molecule has 2 atom stereocenters. The highest BCUT2D eigenvalue weighted by molar-refractivity contribution is 4.97. The molecule has 2 N–H and O–H groups in total. The van der Waals surface area contributed by atoms with Gasteiger partial charge in [-0.15, -0.1) is 0 Å². The largest absolute Gasteiger partial charge is 0.349 e. The van der Waals surface area contributed by atoms with Gasteiger partial charge < -0.3 is 10.3 Å². The molecule has 1 aliphatic rings. The minimum atomic E-state index is 0.456. The Balaban J connectivity index is 2.08. The number of aromatic amines is 1. The van der Waals surface area contributed by atoms with Crippen LogP contribution in [0.15, 0.2) is 12.4 Å². The molecule has 1 saturated carbocycles. The molecule has 3 nitrogen and oxygen atoms in total. The van der Waals surface area contributed by atoms with Crippen LogP contribution in [0.3, 0.4) is 0 Å². The average molecular weight is 249 g/mol. The fourth-order valence-electron chi connectivity index (χ4n) is 3.50. The van der Waals surface area contributed by atoms with Crippen molar-refractivity contribution in [2.75, 3.05) is 6.54 Å². The summed E-state index contributed by atoms with van der Waals surface area (Å²) < 4.78 is 0. The Kier molecular flexibility index (Phi) is 4.44. The van der Waals surface area contributed by atoms with E-state index in [2.05, 4.69) is 36.1 Å². The number of hydrogen-bond donors (Lipinski definition) is 2. The zero-order valence-corrected chi connectivity index (χ0v) is 12.0. The lowest BCUT2D eigenvalue weighted by Crippen LogP contribution is -2.46. The van der Waals surface area contributed by atoms with Crippen LogP contribution in [0.5, 0.6) is 0 Å². The predicted octanol–water partition coefficient (Wildman–Crippen LogP) is 3.15. The Bertz CT molecular complexity index is 343. The lowest BCUT2D eigenvalue weighted by Gasteiger charge is -2.43. The molecule has 2 rings (SSSR count). The van der Waals surface area contributed by atoms with Crippen molar-refractivity contribution < 1.29 is 0 Å². The Hall–Kier alpha value is -0.830. The van der Waals surface area contributed by atoms with Crippen molar-refractivity contribution in [3.8, 4) is 0 Å². The molecular weight excluding hydrogens is 222 g/mol. The molecule has 102 valence electrons. The number of imidazole rings is 1. The molecule has 18 heavy (non-hydrogen) atoms. The van der Waals surface area contributed by atoms with Gasteiger partial charge in [0.25, 0.3) is 0 Å². The Morgan fingerprint density at radius 1 is 1.50 bits per heavy atom. The van der Waals surface area contributed by atoms with Crippen LogP contribution < -0.4 is 5.32 Å². The van der Waals surface area contributed by atoms with Gasteiger partial charge in [0.1, 0.15) is 5.82 Å². The van der Waals surface area contributed by atoms with Crippen LogP contribution in [0, 0.1) is 11.3 Å². The number of aromatic nitrogens is 2. The van der Waals surface area contributed by atoms with E-state index in [9.17, 15) is 0 Å². The number of likely N-dealkylation sites (N-methyl/N-ethyl adjacent to an activating group) is 1. The van der Waals surface area contributed by atoms with Gasteiger partial charge in [-0.1, -0.05) is 33.6 Å². The fourth-order valence-corrected chi connectivity index (χ4v) is 3.50. The van der Waals surface area contributed by atoms with E-state index in [4.69, 9.17) is 0 Å². The second-order valence-corrected chi connectivity index (χ2v) is 6.25. The lowest BCUT2D eigenvalue weighted by molar-refractivity contribution is 0.0981. The van der Waals surface area contributed by atoms with E-state index in [0.29, 0.717) is 11.5 Å². The molecule has 0 amide bonds. The summed E-state index contributed by atoms with van der Waals surface area (Å²) in [6.45, 7) is 8.11. The second kappa shape index (κ2) is 5.87. The van der Waals surface area contributed by atoms with Crippen molar-refractivity contribution in [1.29, 1.82) is 0 Å². The summed E-state index contributed by atoms with van der Waals surface area (Å²) in [5.74, 6) is 1.87. The lowest BCUT2D eigenvalue weighted by atomic mass is 9.65. The van der Waals surface area contributed by atoms with Crippen molar-refractivity contribution in [1.82, 2.24) is 15.3 Å². The standard InChI is InChI=1S/C15H27N3/c1-4-16-13(11-14-17-9-10-18-14)12-7-5-6-8-15(12,2)3/h9-10,12-13,16H,4-8,11H2,1-3H3,(H,17,18). The normalized spacial score (nSPS) is 24.9. The smallest absolute Gasteiger partial charge is 0.107 e. The third-order valence-corrected chi connectivity index (χ3v) is 4.51. The Labute approximate surface area is 111 Å². The van der Waals surface area contributed by atoms with Gasteiger partial charge in [-0.2, -0.15) is 0 Å². The summed E-state index contributed by atoms with van der Waals surface area (Å²) >= 11 is 0. The third-order valence-electron chi connectivity index (χ3n) is 4.51. The highest BCUT2D eigenvalue weighted by atomic mass is 15.0. The van der Waals surface area contributed by atoms with Gasteiger partial charge in [0.05, 0.1) is 0 Å². The van der Waals surface area contributed by atoms with Gasteiger partial charge in [0.2, 0.25) is 0 Å². The van der Waals surface area contributed by atoms with Gasteiger partial charge in [-0.05, 0) is 30.7 Å². The second-order valence-electron chi connectivity index (χ2n) is 6.25. The van der Waals surface area contributed by atoms with Crippen LogP contribution >= 0.6 is 0 Å². The predicted molar refractivity (Wildman–Crippen MR) is 75.5 cm³/mol. The Morgan fingerprint density at radius 2 is 2.33 bits per heavy atom. The maximum absolute atomic E-state index is 4.39. The van der Waals surface area contributed by atoms with Crippen molar-refractivity contribution in [3.05, 3.63) is 18.2 Å². The van der Waals surface area contributed by atoms with E-state index in [1.807, 2.05) is 12.4 Å². The first kappa shape index (κ1) is 13.6. The van der Waals surface area contributed by atoms with E-state index in [0.717, 1.165) is 24.7 Å². The molecule has 0 saturated heterocycles. The number of hydrogen-bond acceptors (Lipinski definition) is 2. The third kappa shape index (κ3) is 3.14. The van der Waals surface area contributed by atoms with Crippen LogP contribution in [0.2, 0.25) is 0 Å². The quantitative estimate of drug-likeness (QED) is 0.841. The molecule has 0 spiro atoms. The average Bonchev–Trinajstić information content (AvgIpc) is 2.81. The van der Waals surface area contributed by atoms with Crippen LogP contribution in [0.1, 0.15) is 52.3 Å². The van der Waals surface area contributed by atoms with E-state index in [1.54, 1.807) is 0 Å². The van der Waals surface area contributed by atoms with Crippen LogP contribution in [-0.4, -0.2) is 22.6 Å². The molecule has 0 bridgehead atoms. The van der Waals surface area contributed by atoms with E-state index >= 15 is 0 Å². The zero-order chi connectivity index (χ0) is 13.0. The maximum Gasteiger partial charge on any atom is 0.107 e. The summed E-state index contributed by atoms with van der Waals surface area (Å²) in [4.78, 5) is 7.63. The molecule has 1 aromatic rings. The van der Waals surface area contributed by atoms with E-state index < -0.39 is 0 Å². The summed E-state index contributed by atoms with van der Waals surface area (Å²) in [6.07, 6.45) is 10.3. The van der Waals surface area contributed by atoms with Crippen molar-refractivity contribution in [2.24, 2.45) is 11.3 Å². The monoisotopic (exact) mass is 249 g/mol. The minimum Gasteiger partial charge on any atom is -0.349 e. The highest BCUT2D eigenvalue weighted by Crippen LogP contribution is 2.42. The molecule has 0 aliphatic heterocycles. The molecule has 0 aromatic carbocycles. The molecule has 1 aromatic heterocycles. The minimum absolute atomic E-state index is 0.456. The summed E-state index contributed by atoms with van der Waals surface area (Å²) in [6, 6.07) is 0.552. The number of nitrogens with one attached hydrogen (secondary N) is 2. The van der Waals surface area contributed by atoms with Gasteiger partial charge in [0, 0.05) is 24.9 Å². The van der Waals surface area contributed by atoms with Crippen molar-refractivity contribution in [2.45, 2.75) is 58.9 Å². The summed E-state index contributed by atoms with van der Waals surface area (Å²) in [5, 5.41) is 3.69. The van der Waals surface area contributed by atoms with E-state index in [-0.39, 0.29) is 0 Å². The SMILES string of the molecule is CCNC(Cc1ncc[nH]1)C1CCCCC1(C)C. The van der Waals surface area contributed by atoms with E-state index in [1.165, 1.54) is 25.7 Å². The zero-order valence-electron chi connectivity index (χ0n) is 12.0. The summed E-state index contributed by atoms with van der Waals surface area (Å²) in [7, 11) is 0. The molecule has 0 radical (unpaired) electrons. The van der Waals surface area contributed by atoms with Crippen LogP contribution in [-0.2, 0) is 6.42 Å². The first-order valence-corrected chi connectivity index (χ1v) is 7.35. The van der Waals surface area contributed by atoms with Gasteiger partial charge >= 0.3 is 0 Å². The van der Waals surface area contributed by atoms with Crippen molar-refractivity contribution >= 4 is 0 Å².